The number of aromatic amines is 1. The number of methoxy groups -OCH3 is 2. The molecular weight excluding hydrogens is 498 g/mol. The third kappa shape index (κ3) is 5.62. The van der Waals surface area contributed by atoms with E-state index in [0.29, 0.717) is 47.1 Å². The van der Waals surface area contributed by atoms with Crippen LogP contribution in [0.2, 0.25) is 0 Å². The van der Waals surface area contributed by atoms with E-state index < -0.39 is 6.04 Å². The summed E-state index contributed by atoms with van der Waals surface area (Å²) in [7, 11) is 3.13. The molecule has 2 N–H and O–H groups in total. The number of hydrogen-bond acceptors (Lipinski definition) is 8. The second-order valence-electron chi connectivity index (χ2n) is 8.82. The van der Waals surface area contributed by atoms with Gasteiger partial charge in [0.05, 0.1) is 20.8 Å². The van der Waals surface area contributed by atoms with Crippen LogP contribution in [0.3, 0.4) is 0 Å². The largest absolute Gasteiger partial charge is 0.497 e. The number of benzene rings is 3. The number of aromatic nitrogens is 2. The SMILES string of the molecule is COc1cc(NC(C(=O)c2c[nH]c3ccc(CCOC=O)cc23)c2cc(-c3ccccc3)on2)cc(OC)c1. The number of carbonyl (C=O) groups excluding carboxylic acids is 2. The molecule has 0 aliphatic heterocycles. The van der Waals surface area contributed by atoms with E-state index >= 15 is 0 Å². The van der Waals surface area contributed by atoms with Crippen LogP contribution in [-0.2, 0) is 16.0 Å². The standard InChI is InChI=1S/C30H27N3O6/c1-36-22-13-21(14-23(15-22)37-2)32-29(27-16-28(39-33-27)20-6-4-3-5-7-20)30(35)25-17-31-26-9-8-19(12-24(25)26)10-11-38-18-34/h3-9,12-18,29,31-32H,10-11H2,1-2H3. The van der Waals surface area contributed by atoms with Crippen molar-refractivity contribution in [2.45, 2.75) is 12.5 Å². The van der Waals surface area contributed by atoms with Crippen LogP contribution in [0.15, 0.2) is 83.5 Å². The lowest BCUT2D eigenvalue weighted by molar-refractivity contribution is -0.128. The lowest BCUT2D eigenvalue weighted by atomic mass is 9.98. The number of H-pyrrole nitrogens is 1. The number of anilines is 1. The van der Waals surface area contributed by atoms with E-state index in [4.69, 9.17) is 18.7 Å². The summed E-state index contributed by atoms with van der Waals surface area (Å²) in [5, 5.41) is 8.34. The number of ether oxygens (including phenoxy) is 3. The Bertz CT molecular complexity index is 1570. The first-order chi connectivity index (χ1) is 19.1. The second-order valence-corrected chi connectivity index (χ2v) is 8.82. The molecule has 5 rings (SSSR count). The molecule has 1 atom stereocenters. The van der Waals surface area contributed by atoms with Crippen molar-refractivity contribution in [1.82, 2.24) is 10.1 Å². The van der Waals surface area contributed by atoms with Gasteiger partial charge >= 0.3 is 0 Å². The van der Waals surface area contributed by atoms with E-state index in [0.717, 1.165) is 22.0 Å². The normalized spacial score (nSPS) is 11.6. The molecule has 3 aromatic carbocycles. The summed E-state index contributed by atoms with van der Waals surface area (Å²) in [6.45, 7) is 0.682. The first-order valence-electron chi connectivity index (χ1n) is 12.3. The lowest BCUT2D eigenvalue weighted by Gasteiger charge is -2.18. The number of ketones is 1. The van der Waals surface area contributed by atoms with Crippen LogP contribution in [0.25, 0.3) is 22.2 Å². The van der Waals surface area contributed by atoms with Crippen LogP contribution in [-0.4, -0.2) is 43.2 Å². The van der Waals surface area contributed by atoms with E-state index in [1.54, 1.807) is 44.7 Å². The minimum atomic E-state index is -0.885. The molecule has 9 nitrogen and oxygen atoms in total. The zero-order chi connectivity index (χ0) is 27.2. The maximum Gasteiger partial charge on any atom is 0.293 e. The van der Waals surface area contributed by atoms with E-state index in [2.05, 4.69) is 15.5 Å². The van der Waals surface area contributed by atoms with Gasteiger partial charge in [-0.3, -0.25) is 9.59 Å². The molecule has 39 heavy (non-hydrogen) atoms. The van der Waals surface area contributed by atoms with Crippen LogP contribution in [0.1, 0.15) is 27.7 Å². The van der Waals surface area contributed by atoms with Crippen molar-refractivity contribution in [2.75, 3.05) is 26.1 Å². The molecule has 0 saturated carbocycles. The summed E-state index contributed by atoms with van der Waals surface area (Å²) in [5.74, 6) is 1.48. The highest BCUT2D eigenvalue weighted by molar-refractivity contribution is 6.11. The summed E-state index contributed by atoms with van der Waals surface area (Å²) in [6, 6.07) is 21.5. The van der Waals surface area contributed by atoms with Gasteiger partial charge in [0.2, 0.25) is 0 Å². The Morgan fingerprint density at radius 3 is 2.51 bits per heavy atom. The first kappa shape index (κ1) is 25.6. The van der Waals surface area contributed by atoms with E-state index in [1.807, 2.05) is 48.5 Å². The minimum absolute atomic E-state index is 0.211. The predicted molar refractivity (Wildman–Crippen MR) is 146 cm³/mol. The number of rotatable bonds is 12. The molecular formula is C30H27N3O6. The zero-order valence-electron chi connectivity index (χ0n) is 21.5. The predicted octanol–water partition coefficient (Wildman–Crippen LogP) is 5.59. The zero-order valence-corrected chi connectivity index (χ0v) is 21.5. The van der Waals surface area contributed by atoms with Crippen molar-refractivity contribution in [3.05, 3.63) is 95.8 Å². The van der Waals surface area contributed by atoms with Crippen LogP contribution < -0.4 is 14.8 Å². The van der Waals surface area contributed by atoms with Gasteiger partial charge in [-0.2, -0.15) is 0 Å². The molecule has 0 amide bonds. The van der Waals surface area contributed by atoms with Crippen molar-refractivity contribution in [2.24, 2.45) is 0 Å². The highest BCUT2D eigenvalue weighted by Gasteiger charge is 2.28. The topological polar surface area (TPSA) is 116 Å². The highest BCUT2D eigenvalue weighted by Crippen LogP contribution is 2.33. The summed E-state index contributed by atoms with van der Waals surface area (Å²) >= 11 is 0. The van der Waals surface area contributed by atoms with Gasteiger partial charge in [-0.05, 0) is 17.7 Å². The van der Waals surface area contributed by atoms with Crippen molar-refractivity contribution < 1.29 is 28.3 Å². The Kier molecular flexibility index (Phi) is 7.58. The Morgan fingerprint density at radius 1 is 1.03 bits per heavy atom. The molecule has 198 valence electrons. The third-order valence-electron chi connectivity index (χ3n) is 6.40. The number of carbonyl (C=O) groups is 2. The van der Waals surface area contributed by atoms with Crippen LogP contribution in [0.5, 0.6) is 11.5 Å². The van der Waals surface area contributed by atoms with Gasteiger partial charge in [0.15, 0.2) is 11.5 Å². The number of hydrogen-bond donors (Lipinski definition) is 2. The minimum Gasteiger partial charge on any atom is -0.497 e. The third-order valence-corrected chi connectivity index (χ3v) is 6.40. The fourth-order valence-corrected chi connectivity index (χ4v) is 4.40. The molecule has 2 aromatic heterocycles. The van der Waals surface area contributed by atoms with Crippen molar-refractivity contribution in [1.29, 1.82) is 0 Å². The molecule has 0 spiro atoms. The Labute approximate surface area is 224 Å². The van der Waals surface area contributed by atoms with E-state index in [9.17, 15) is 9.59 Å². The Hall–Kier alpha value is -5.05. The van der Waals surface area contributed by atoms with Gasteiger partial charge in [-0.25, -0.2) is 0 Å². The smallest absolute Gasteiger partial charge is 0.293 e. The van der Waals surface area contributed by atoms with Gasteiger partial charge in [-0.1, -0.05) is 41.6 Å². The van der Waals surface area contributed by atoms with Gasteiger partial charge in [0.25, 0.3) is 6.47 Å². The summed E-state index contributed by atoms with van der Waals surface area (Å²) in [6.07, 6.45) is 2.22. The average Bonchev–Trinajstić information content (AvgIpc) is 3.63. The maximum atomic E-state index is 14.2. The van der Waals surface area contributed by atoms with Gasteiger partial charge in [0, 0.05) is 64.6 Å². The van der Waals surface area contributed by atoms with Crippen molar-refractivity contribution in [3.8, 4) is 22.8 Å². The van der Waals surface area contributed by atoms with Crippen LogP contribution >= 0.6 is 0 Å². The molecule has 2 heterocycles. The molecule has 0 bridgehead atoms. The van der Waals surface area contributed by atoms with Crippen molar-refractivity contribution in [3.63, 3.8) is 0 Å². The maximum absolute atomic E-state index is 14.2. The molecule has 1 unspecified atom stereocenters. The van der Waals surface area contributed by atoms with E-state index in [1.165, 1.54) is 0 Å². The number of nitrogens with zero attached hydrogens (tertiary/aromatic N) is 1. The summed E-state index contributed by atoms with van der Waals surface area (Å²) in [5.41, 5.74) is 4.11. The fourth-order valence-electron chi connectivity index (χ4n) is 4.40. The van der Waals surface area contributed by atoms with Gasteiger partial charge in [0.1, 0.15) is 23.2 Å². The lowest BCUT2D eigenvalue weighted by Crippen LogP contribution is -2.21. The second kappa shape index (κ2) is 11.6. The molecule has 0 aliphatic carbocycles. The molecule has 0 saturated heterocycles. The van der Waals surface area contributed by atoms with Crippen molar-refractivity contribution >= 4 is 28.8 Å². The monoisotopic (exact) mass is 525 g/mol. The van der Waals surface area contributed by atoms with Crippen LogP contribution in [0.4, 0.5) is 5.69 Å². The molecule has 5 aromatic rings. The molecule has 0 aliphatic rings. The van der Waals surface area contributed by atoms with Crippen LogP contribution in [0, 0.1) is 0 Å². The van der Waals surface area contributed by atoms with Gasteiger partial charge < -0.3 is 29.0 Å². The van der Waals surface area contributed by atoms with Gasteiger partial charge in [-0.15, -0.1) is 0 Å². The fraction of sp³-hybridized carbons (Fsp3) is 0.167. The average molecular weight is 526 g/mol. The molecule has 9 heteroatoms. The molecule has 0 radical (unpaired) electrons. The highest BCUT2D eigenvalue weighted by atomic mass is 16.5. The Morgan fingerprint density at radius 2 is 1.79 bits per heavy atom. The number of Topliss-reactive ketones (excluding diaryl/α,β-unsaturated/α-hetero) is 1. The van der Waals surface area contributed by atoms with E-state index in [-0.39, 0.29) is 12.4 Å². The molecule has 0 fully saturated rings. The Balaban J connectivity index is 1.54. The number of fused-ring (bicyclic) bond motifs is 1. The summed E-state index contributed by atoms with van der Waals surface area (Å²) in [4.78, 5) is 27.9. The first-order valence-corrected chi connectivity index (χ1v) is 12.3. The quantitative estimate of drug-likeness (QED) is 0.123. The summed E-state index contributed by atoms with van der Waals surface area (Å²) < 4.78 is 21.3. The number of nitrogens with one attached hydrogen (secondary N) is 2.